The molecule has 2 aromatic rings. The third-order valence-corrected chi connectivity index (χ3v) is 5.75. The lowest BCUT2D eigenvalue weighted by molar-refractivity contribution is -0.384. The van der Waals surface area contributed by atoms with E-state index in [1.807, 2.05) is 0 Å². The maximum absolute atomic E-state index is 11.7. The van der Waals surface area contributed by atoms with Crippen LogP contribution in [-0.2, 0) is 0 Å². The van der Waals surface area contributed by atoms with Gasteiger partial charge < -0.3 is 20.4 Å². The van der Waals surface area contributed by atoms with Crippen molar-refractivity contribution in [2.45, 2.75) is 36.9 Å². The number of anilines is 1. The van der Waals surface area contributed by atoms with Gasteiger partial charge >= 0.3 is 6.09 Å². The average Bonchev–Trinajstić information content (AvgIpc) is 3.33. The van der Waals surface area contributed by atoms with Gasteiger partial charge in [0, 0.05) is 30.6 Å². The summed E-state index contributed by atoms with van der Waals surface area (Å²) in [5.41, 5.74) is 0.643. The first-order valence-electron chi connectivity index (χ1n) is 9.44. The van der Waals surface area contributed by atoms with E-state index in [4.69, 9.17) is 5.11 Å². The normalized spacial score (nSPS) is 21.7. The van der Waals surface area contributed by atoms with Gasteiger partial charge in [-0.1, -0.05) is 0 Å². The molecule has 1 aromatic heterocycles. The number of hydrogen-bond acceptors (Lipinski definition) is 7. The molecule has 1 saturated heterocycles. The Balaban J connectivity index is 1.80. The van der Waals surface area contributed by atoms with Crippen LogP contribution in [0.4, 0.5) is 16.2 Å². The van der Waals surface area contributed by atoms with Gasteiger partial charge in [0.25, 0.3) is 5.69 Å². The van der Waals surface area contributed by atoms with E-state index in [1.54, 1.807) is 23.1 Å². The van der Waals surface area contributed by atoms with Gasteiger partial charge in [-0.15, -0.1) is 0 Å². The number of nitro benzene ring substituents is 1. The fourth-order valence-corrected chi connectivity index (χ4v) is 4.15. The first-order chi connectivity index (χ1) is 14.3. The highest BCUT2D eigenvalue weighted by molar-refractivity contribution is 5.78. The van der Waals surface area contributed by atoms with Crippen LogP contribution in [-0.4, -0.2) is 50.4 Å². The molecule has 0 bridgehead atoms. The molecule has 1 aromatic carbocycles. The van der Waals surface area contributed by atoms with Gasteiger partial charge in [-0.3, -0.25) is 15.1 Å². The van der Waals surface area contributed by atoms with Gasteiger partial charge in [0.2, 0.25) is 0 Å². The zero-order valence-corrected chi connectivity index (χ0v) is 15.9. The van der Waals surface area contributed by atoms with E-state index in [-0.39, 0.29) is 17.9 Å². The van der Waals surface area contributed by atoms with Crippen molar-refractivity contribution in [3.05, 3.63) is 52.3 Å². The van der Waals surface area contributed by atoms with Crippen molar-refractivity contribution in [1.82, 2.24) is 10.3 Å². The van der Waals surface area contributed by atoms with Gasteiger partial charge in [-0.25, -0.2) is 4.79 Å². The number of nitro groups is 1. The van der Waals surface area contributed by atoms with E-state index in [1.165, 1.54) is 18.5 Å². The molecule has 2 atom stereocenters. The van der Waals surface area contributed by atoms with Gasteiger partial charge in [-0.2, -0.15) is 5.26 Å². The number of carbonyl (C=O) groups is 1. The standard InChI is InChI=1S/C20H19N5O5/c21-9-13-3-6-22-10-15(13)12-1-2-16(25(29)30)17(7-12)24-11-14(23-19(26)27)8-18(24)20(28)4-5-20/h1-3,6-7,10,14,18,23,28H,4-5,8,11H2,(H,26,27)/t14-,18-/m0/s1. The minimum Gasteiger partial charge on any atom is -0.465 e. The van der Waals surface area contributed by atoms with Crippen LogP contribution < -0.4 is 10.2 Å². The van der Waals surface area contributed by atoms with Crippen LogP contribution in [0.25, 0.3) is 11.1 Å². The fraction of sp³-hybridized carbons (Fsp3) is 0.350. The van der Waals surface area contributed by atoms with Crippen molar-refractivity contribution < 1.29 is 19.9 Å². The van der Waals surface area contributed by atoms with Gasteiger partial charge in [0.15, 0.2) is 0 Å². The molecule has 1 aliphatic heterocycles. The highest BCUT2D eigenvalue weighted by Gasteiger charge is 2.54. The molecule has 0 radical (unpaired) electrons. The summed E-state index contributed by atoms with van der Waals surface area (Å²) in [4.78, 5) is 28.1. The summed E-state index contributed by atoms with van der Waals surface area (Å²) in [7, 11) is 0. The third-order valence-electron chi connectivity index (χ3n) is 5.75. The molecular weight excluding hydrogens is 390 g/mol. The van der Waals surface area contributed by atoms with Crippen molar-refractivity contribution in [1.29, 1.82) is 5.26 Å². The topological polar surface area (TPSA) is 153 Å². The summed E-state index contributed by atoms with van der Waals surface area (Å²) in [6.07, 6.45) is 3.30. The van der Waals surface area contributed by atoms with E-state index in [0.29, 0.717) is 36.0 Å². The Morgan fingerprint density at radius 1 is 1.40 bits per heavy atom. The fourth-order valence-electron chi connectivity index (χ4n) is 4.15. The highest BCUT2D eigenvalue weighted by atomic mass is 16.6. The largest absolute Gasteiger partial charge is 0.465 e. The smallest absolute Gasteiger partial charge is 0.404 e. The van der Waals surface area contributed by atoms with Gasteiger partial charge in [0.1, 0.15) is 5.69 Å². The molecule has 1 aliphatic carbocycles. The van der Waals surface area contributed by atoms with Gasteiger partial charge in [0.05, 0.1) is 34.2 Å². The molecule has 1 amide bonds. The predicted octanol–water partition coefficient (Wildman–Crippen LogP) is 2.27. The number of benzene rings is 1. The molecular formula is C20H19N5O5. The molecule has 10 nitrogen and oxygen atoms in total. The van der Waals surface area contributed by atoms with Crippen LogP contribution in [0.1, 0.15) is 24.8 Å². The Labute approximate surface area is 171 Å². The maximum atomic E-state index is 11.7. The Bertz CT molecular complexity index is 1060. The number of carboxylic acid groups (broad SMARTS) is 1. The van der Waals surface area contributed by atoms with Crippen molar-refractivity contribution in [2.75, 3.05) is 11.4 Å². The number of hydrogen-bond donors (Lipinski definition) is 3. The number of aromatic nitrogens is 1. The predicted molar refractivity (Wildman–Crippen MR) is 106 cm³/mol. The molecule has 3 N–H and O–H groups in total. The third kappa shape index (κ3) is 3.51. The molecule has 2 fully saturated rings. The molecule has 2 aliphatic rings. The Hall–Kier alpha value is -3.71. The van der Waals surface area contributed by atoms with Crippen LogP contribution in [0.5, 0.6) is 0 Å². The summed E-state index contributed by atoms with van der Waals surface area (Å²) in [5.74, 6) is 0. The van der Waals surface area contributed by atoms with Crippen molar-refractivity contribution >= 4 is 17.5 Å². The summed E-state index contributed by atoms with van der Waals surface area (Å²) in [6.45, 7) is 0.196. The summed E-state index contributed by atoms with van der Waals surface area (Å²) in [6, 6.07) is 7.27. The Kier molecular flexibility index (Phi) is 4.75. The first kappa shape index (κ1) is 19.6. The van der Waals surface area contributed by atoms with E-state index >= 15 is 0 Å². The van der Waals surface area contributed by atoms with Crippen LogP contribution >= 0.6 is 0 Å². The molecule has 0 spiro atoms. The minimum absolute atomic E-state index is 0.147. The Morgan fingerprint density at radius 2 is 2.17 bits per heavy atom. The minimum atomic E-state index is -1.18. The monoisotopic (exact) mass is 409 g/mol. The summed E-state index contributed by atoms with van der Waals surface area (Å²) >= 11 is 0. The van der Waals surface area contributed by atoms with E-state index in [0.717, 1.165) is 0 Å². The molecule has 1 saturated carbocycles. The van der Waals surface area contributed by atoms with Crippen molar-refractivity contribution in [2.24, 2.45) is 0 Å². The number of aliphatic hydroxyl groups is 1. The van der Waals surface area contributed by atoms with Crippen LogP contribution in [0.2, 0.25) is 0 Å². The zero-order chi connectivity index (χ0) is 21.5. The van der Waals surface area contributed by atoms with Crippen molar-refractivity contribution in [3.63, 3.8) is 0 Å². The zero-order valence-electron chi connectivity index (χ0n) is 15.9. The van der Waals surface area contributed by atoms with Crippen molar-refractivity contribution in [3.8, 4) is 17.2 Å². The molecule has 30 heavy (non-hydrogen) atoms. The van der Waals surface area contributed by atoms with E-state index < -0.39 is 28.7 Å². The second kappa shape index (κ2) is 7.27. The average molecular weight is 409 g/mol. The second-order valence-corrected chi connectivity index (χ2v) is 7.65. The highest BCUT2D eigenvalue weighted by Crippen LogP contribution is 2.48. The molecule has 4 rings (SSSR count). The molecule has 2 heterocycles. The van der Waals surface area contributed by atoms with Gasteiger partial charge in [-0.05, 0) is 43.0 Å². The van der Waals surface area contributed by atoms with Crippen LogP contribution in [0.15, 0.2) is 36.7 Å². The summed E-state index contributed by atoms with van der Waals surface area (Å²) < 4.78 is 0. The first-order valence-corrected chi connectivity index (χ1v) is 9.44. The number of pyridine rings is 1. The number of nitrogens with zero attached hydrogens (tertiary/aromatic N) is 4. The number of nitrogens with one attached hydrogen (secondary N) is 1. The summed E-state index contributed by atoms with van der Waals surface area (Å²) in [5, 5.41) is 43.4. The van der Waals surface area contributed by atoms with Crippen LogP contribution in [0, 0.1) is 21.4 Å². The lowest BCUT2D eigenvalue weighted by atomic mass is 10.00. The quantitative estimate of drug-likeness (QED) is 0.502. The number of rotatable bonds is 5. The SMILES string of the molecule is N#Cc1ccncc1-c1ccc([N+](=O)[O-])c(N2C[C@@H](NC(=O)O)C[C@H]2C2(O)CC2)c1. The Morgan fingerprint density at radius 3 is 2.80 bits per heavy atom. The molecule has 10 heteroatoms. The number of amides is 1. The van der Waals surface area contributed by atoms with E-state index in [2.05, 4.69) is 16.4 Å². The second-order valence-electron chi connectivity index (χ2n) is 7.65. The lowest BCUT2D eigenvalue weighted by Crippen LogP contribution is -2.41. The van der Waals surface area contributed by atoms with Crippen LogP contribution in [0.3, 0.4) is 0 Å². The maximum Gasteiger partial charge on any atom is 0.404 e. The molecule has 154 valence electrons. The lowest BCUT2D eigenvalue weighted by Gasteiger charge is -2.30. The molecule has 0 unspecified atom stereocenters. The number of nitriles is 1. The van der Waals surface area contributed by atoms with E-state index in [9.17, 15) is 25.3 Å².